The number of anilines is 1. The molecule has 1 atom stereocenters. The van der Waals surface area contributed by atoms with Crippen LogP contribution in [0.3, 0.4) is 0 Å². The Kier molecular flexibility index (Phi) is 2.85. The van der Waals surface area contributed by atoms with Crippen molar-refractivity contribution in [2.45, 2.75) is 19.8 Å². The first-order valence-corrected chi connectivity index (χ1v) is 6.51. The van der Waals surface area contributed by atoms with Crippen LogP contribution in [0.5, 0.6) is 0 Å². The minimum Gasteiger partial charge on any atom is -0.369 e. The number of nitrogens with two attached hydrogens (primary N) is 1. The summed E-state index contributed by atoms with van der Waals surface area (Å²) in [6, 6.07) is 1.97. The van der Waals surface area contributed by atoms with E-state index in [0.717, 1.165) is 42.1 Å². The van der Waals surface area contributed by atoms with Gasteiger partial charge in [0.25, 0.3) is 0 Å². The standard InChI is InChI=1S/C13H17N5O/c1-8-16-12-10(4-5-15-12)13(17-8)18-6-2-3-9(7-18)11(14)19/h4-5,9H,2-3,6-7H2,1H3,(H2,14,19)(H,15,16,17). The monoisotopic (exact) mass is 259 g/mol. The van der Waals surface area contributed by atoms with Crippen LogP contribution in [-0.2, 0) is 4.79 Å². The van der Waals surface area contributed by atoms with Crippen molar-refractivity contribution in [2.24, 2.45) is 11.7 Å². The number of aromatic nitrogens is 3. The molecule has 0 saturated carbocycles. The maximum Gasteiger partial charge on any atom is 0.222 e. The van der Waals surface area contributed by atoms with E-state index in [4.69, 9.17) is 5.73 Å². The van der Waals surface area contributed by atoms with Gasteiger partial charge in [0.2, 0.25) is 5.91 Å². The first-order chi connectivity index (χ1) is 9.15. The Bertz CT molecular complexity index is 621. The second kappa shape index (κ2) is 4.53. The first kappa shape index (κ1) is 12.0. The number of amides is 1. The molecule has 1 aliphatic rings. The van der Waals surface area contributed by atoms with E-state index >= 15 is 0 Å². The topological polar surface area (TPSA) is 87.9 Å². The van der Waals surface area contributed by atoms with E-state index in [-0.39, 0.29) is 11.8 Å². The van der Waals surface area contributed by atoms with Crippen molar-refractivity contribution < 1.29 is 4.79 Å². The Morgan fingerprint density at radius 2 is 2.37 bits per heavy atom. The van der Waals surface area contributed by atoms with Gasteiger partial charge in [-0.3, -0.25) is 4.79 Å². The summed E-state index contributed by atoms with van der Waals surface area (Å²) in [5.74, 6) is 1.32. The number of fused-ring (bicyclic) bond motifs is 1. The van der Waals surface area contributed by atoms with Crippen LogP contribution in [-0.4, -0.2) is 33.9 Å². The number of carbonyl (C=O) groups excluding carboxylic acids is 1. The summed E-state index contributed by atoms with van der Waals surface area (Å²) in [5, 5.41) is 0.996. The molecule has 1 fully saturated rings. The molecule has 1 saturated heterocycles. The zero-order valence-electron chi connectivity index (χ0n) is 10.9. The molecule has 0 radical (unpaired) electrons. The van der Waals surface area contributed by atoms with Crippen molar-refractivity contribution in [3.8, 4) is 0 Å². The van der Waals surface area contributed by atoms with Crippen molar-refractivity contribution in [1.82, 2.24) is 15.0 Å². The highest BCUT2D eigenvalue weighted by Gasteiger charge is 2.26. The molecule has 0 aromatic carbocycles. The number of rotatable bonds is 2. The number of hydrogen-bond donors (Lipinski definition) is 2. The van der Waals surface area contributed by atoms with Gasteiger partial charge in [0, 0.05) is 19.3 Å². The van der Waals surface area contributed by atoms with Crippen molar-refractivity contribution in [1.29, 1.82) is 0 Å². The lowest BCUT2D eigenvalue weighted by atomic mass is 9.97. The van der Waals surface area contributed by atoms with E-state index in [1.807, 2.05) is 19.2 Å². The summed E-state index contributed by atoms with van der Waals surface area (Å²) in [5.41, 5.74) is 6.26. The summed E-state index contributed by atoms with van der Waals surface area (Å²) in [7, 11) is 0. The Morgan fingerprint density at radius 1 is 1.53 bits per heavy atom. The minimum atomic E-state index is -0.221. The lowest BCUT2D eigenvalue weighted by Gasteiger charge is -2.32. The van der Waals surface area contributed by atoms with Crippen LogP contribution in [0, 0.1) is 12.8 Å². The number of aromatic amines is 1. The maximum atomic E-state index is 11.4. The van der Waals surface area contributed by atoms with E-state index in [1.165, 1.54) is 0 Å². The molecule has 1 unspecified atom stereocenters. The molecule has 1 amide bonds. The number of carbonyl (C=O) groups is 1. The highest BCUT2D eigenvalue weighted by molar-refractivity contribution is 5.88. The fourth-order valence-corrected chi connectivity index (χ4v) is 2.68. The van der Waals surface area contributed by atoms with Gasteiger partial charge < -0.3 is 15.6 Å². The van der Waals surface area contributed by atoms with E-state index in [2.05, 4.69) is 19.9 Å². The molecule has 3 rings (SSSR count). The second-order valence-corrected chi connectivity index (χ2v) is 5.02. The second-order valence-electron chi connectivity index (χ2n) is 5.02. The minimum absolute atomic E-state index is 0.0852. The van der Waals surface area contributed by atoms with Crippen LogP contribution in [0.4, 0.5) is 5.82 Å². The van der Waals surface area contributed by atoms with Gasteiger partial charge in [-0.05, 0) is 25.8 Å². The zero-order valence-corrected chi connectivity index (χ0v) is 10.9. The number of piperidine rings is 1. The highest BCUT2D eigenvalue weighted by Crippen LogP contribution is 2.27. The van der Waals surface area contributed by atoms with E-state index in [0.29, 0.717) is 6.54 Å². The average Bonchev–Trinajstić information content (AvgIpc) is 2.85. The van der Waals surface area contributed by atoms with Crippen LogP contribution in [0.1, 0.15) is 18.7 Å². The van der Waals surface area contributed by atoms with Gasteiger partial charge in [-0.25, -0.2) is 9.97 Å². The summed E-state index contributed by atoms with van der Waals surface area (Å²) >= 11 is 0. The molecular formula is C13H17N5O. The van der Waals surface area contributed by atoms with Crippen LogP contribution in [0.15, 0.2) is 12.3 Å². The molecule has 100 valence electrons. The van der Waals surface area contributed by atoms with Gasteiger partial charge in [-0.2, -0.15) is 0 Å². The Balaban J connectivity index is 1.99. The molecular weight excluding hydrogens is 242 g/mol. The predicted molar refractivity (Wildman–Crippen MR) is 72.8 cm³/mol. The van der Waals surface area contributed by atoms with Gasteiger partial charge in [0.05, 0.1) is 11.3 Å². The van der Waals surface area contributed by atoms with Crippen molar-refractivity contribution in [3.05, 3.63) is 18.1 Å². The molecule has 6 nitrogen and oxygen atoms in total. The smallest absolute Gasteiger partial charge is 0.222 e. The summed E-state index contributed by atoms with van der Waals surface area (Å²) in [4.78, 5) is 25.5. The Labute approximate surface area is 111 Å². The van der Waals surface area contributed by atoms with Crippen LogP contribution in [0.25, 0.3) is 11.0 Å². The number of hydrogen-bond acceptors (Lipinski definition) is 4. The summed E-state index contributed by atoms with van der Waals surface area (Å²) < 4.78 is 0. The van der Waals surface area contributed by atoms with Gasteiger partial charge in [-0.1, -0.05) is 0 Å². The number of nitrogens with one attached hydrogen (secondary N) is 1. The molecule has 1 aliphatic heterocycles. The van der Waals surface area contributed by atoms with Crippen molar-refractivity contribution >= 4 is 22.8 Å². The number of primary amides is 1. The molecule has 0 bridgehead atoms. The maximum absolute atomic E-state index is 11.4. The first-order valence-electron chi connectivity index (χ1n) is 6.51. The lowest BCUT2D eigenvalue weighted by molar-refractivity contribution is -0.122. The molecule has 0 aliphatic carbocycles. The third-order valence-corrected chi connectivity index (χ3v) is 3.63. The number of H-pyrrole nitrogens is 1. The largest absolute Gasteiger partial charge is 0.369 e. The predicted octanol–water partition coefficient (Wildman–Crippen LogP) is 0.968. The average molecular weight is 259 g/mol. The van der Waals surface area contributed by atoms with Crippen molar-refractivity contribution in [2.75, 3.05) is 18.0 Å². The van der Waals surface area contributed by atoms with E-state index < -0.39 is 0 Å². The third kappa shape index (κ3) is 2.14. The van der Waals surface area contributed by atoms with Crippen molar-refractivity contribution in [3.63, 3.8) is 0 Å². The molecule has 19 heavy (non-hydrogen) atoms. The molecule has 3 heterocycles. The van der Waals surface area contributed by atoms with Crippen LogP contribution in [0.2, 0.25) is 0 Å². The quantitative estimate of drug-likeness (QED) is 0.841. The summed E-state index contributed by atoms with van der Waals surface area (Å²) in [6.07, 6.45) is 3.69. The Hall–Kier alpha value is -2.11. The lowest BCUT2D eigenvalue weighted by Crippen LogP contribution is -2.41. The van der Waals surface area contributed by atoms with Crippen LogP contribution >= 0.6 is 0 Å². The van der Waals surface area contributed by atoms with Crippen LogP contribution < -0.4 is 10.6 Å². The molecule has 2 aromatic heterocycles. The normalized spacial score (nSPS) is 19.8. The SMILES string of the molecule is Cc1nc(N2CCCC(C(N)=O)C2)c2cc[nH]c2n1. The Morgan fingerprint density at radius 3 is 3.16 bits per heavy atom. The fourth-order valence-electron chi connectivity index (χ4n) is 2.68. The van der Waals surface area contributed by atoms with E-state index in [1.54, 1.807) is 0 Å². The molecule has 6 heteroatoms. The number of nitrogens with zero attached hydrogens (tertiary/aromatic N) is 3. The highest BCUT2D eigenvalue weighted by atomic mass is 16.1. The third-order valence-electron chi connectivity index (χ3n) is 3.63. The molecule has 0 spiro atoms. The van der Waals surface area contributed by atoms with Gasteiger partial charge >= 0.3 is 0 Å². The molecule has 3 N–H and O–H groups in total. The number of aryl methyl sites for hydroxylation is 1. The van der Waals surface area contributed by atoms with Gasteiger partial charge in [0.1, 0.15) is 17.3 Å². The van der Waals surface area contributed by atoms with Gasteiger partial charge in [-0.15, -0.1) is 0 Å². The van der Waals surface area contributed by atoms with E-state index in [9.17, 15) is 4.79 Å². The zero-order chi connectivity index (χ0) is 13.4. The summed E-state index contributed by atoms with van der Waals surface area (Å²) in [6.45, 7) is 3.42. The fraction of sp³-hybridized carbons (Fsp3) is 0.462. The molecule has 2 aromatic rings. The van der Waals surface area contributed by atoms with Gasteiger partial charge in [0.15, 0.2) is 0 Å².